The number of hydrogen-bond donors (Lipinski definition) is 2. The van der Waals surface area contributed by atoms with Crippen LogP contribution in [-0.4, -0.2) is 11.7 Å². The summed E-state index contributed by atoms with van der Waals surface area (Å²) in [4.78, 5) is 12.8. The number of aryl methyl sites for hydroxylation is 1. The van der Waals surface area contributed by atoms with Gasteiger partial charge in [-0.05, 0) is 42.8 Å². The molecule has 0 aromatic heterocycles. The minimum absolute atomic E-state index is 0.121. The van der Waals surface area contributed by atoms with Gasteiger partial charge >= 0.3 is 0 Å². The molecule has 0 unspecified atom stereocenters. The SMILES string of the molecule is Cc1ccc(N)cc1NC(=O)CSc1cc(Cl)ccc1Cl. The number of nitrogen functional groups attached to an aromatic ring is 1. The Kier molecular flexibility index (Phi) is 5.39. The fraction of sp³-hybridized carbons (Fsp3) is 0.133. The lowest BCUT2D eigenvalue weighted by atomic mass is 10.2. The molecule has 21 heavy (non-hydrogen) atoms. The van der Waals surface area contributed by atoms with Crippen molar-refractivity contribution in [2.75, 3.05) is 16.8 Å². The first-order valence-corrected chi connectivity index (χ1v) is 7.93. The highest BCUT2D eigenvalue weighted by Crippen LogP contribution is 2.30. The van der Waals surface area contributed by atoms with Crippen LogP contribution >= 0.6 is 35.0 Å². The molecule has 0 fully saturated rings. The van der Waals surface area contributed by atoms with E-state index < -0.39 is 0 Å². The Morgan fingerprint density at radius 2 is 2.00 bits per heavy atom. The molecule has 2 aromatic carbocycles. The minimum atomic E-state index is -0.121. The number of nitrogens with two attached hydrogens (primary N) is 1. The van der Waals surface area contributed by atoms with Crippen molar-refractivity contribution in [3.05, 3.63) is 52.0 Å². The van der Waals surface area contributed by atoms with Gasteiger partial charge in [0.05, 0.1) is 10.8 Å². The molecule has 0 bridgehead atoms. The van der Waals surface area contributed by atoms with Crippen LogP contribution in [0.25, 0.3) is 0 Å². The minimum Gasteiger partial charge on any atom is -0.399 e. The molecule has 110 valence electrons. The molecule has 0 heterocycles. The predicted octanol–water partition coefficient (Wildman–Crippen LogP) is 4.61. The average Bonchev–Trinajstić information content (AvgIpc) is 2.44. The van der Waals surface area contributed by atoms with Crippen molar-refractivity contribution in [3.63, 3.8) is 0 Å². The predicted molar refractivity (Wildman–Crippen MR) is 91.4 cm³/mol. The van der Waals surface area contributed by atoms with E-state index in [1.807, 2.05) is 13.0 Å². The average molecular weight is 341 g/mol. The number of benzene rings is 2. The van der Waals surface area contributed by atoms with Crippen molar-refractivity contribution in [2.45, 2.75) is 11.8 Å². The number of carbonyl (C=O) groups excluding carboxylic acids is 1. The van der Waals surface area contributed by atoms with Crippen molar-refractivity contribution < 1.29 is 4.79 Å². The van der Waals surface area contributed by atoms with E-state index in [-0.39, 0.29) is 11.7 Å². The number of nitrogens with one attached hydrogen (secondary N) is 1. The van der Waals surface area contributed by atoms with Crippen molar-refractivity contribution in [2.24, 2.45) is 0 Å². The smallest absolute Gasteiger partial charge is 0.234 e. The number of anilines is 2. The van der Waals surface area contributed by atoms with E-state index >= 15 is 0 Å². The second-order valence-corrected chi connectivity index (χ2v) is 6.35. The first-order valence-electron chi connectivity index (χ1n) is 6.19. The number of rotatable bonds is 4. The molecule has 6 heteroatoms. The summed E-state index contributed by atoms with van der Waals surface area (Å²) < 4.78 is 0. The van der Waals surface area contributed by atoms with Gasteiger partial charge in [0.25, 0.3) is 0 Å². The fourth-order valence-corrected chi connectivity index (χ4v) is 2.98. The molecular weight excluding hydrogens is 327 g/mol. The molecule has 0 radical (unpaired) electrons. The molecule has 0 aliphatic carbocycles. The summed E-state index contributed by atoms with van der Waals surface area (Å²) in [5.41, 5.74) is 8.01. The third-order valence-electron chi connectivity index (χ3n) is 2.79. The lowest BCUT2D eigenvalue weighted by Crippen LogP contribution is -2.15. The molecule has 0 aliphatic rings. The third kappa shape index (κ3) is 4.56. The molecule has 0 spiro atoms. The van der Waals surface area contributed by atoms with Gasteiger partial charge < -0.3 is 11.1 Å². The lowest BCUT2D eigenvalue weighted by molar-refractivity contribution is -0.113. The van der Waals surface area contributed by atoms with E-state index in [0.29, 0.717) is 15.7 Å². The maximum atomic E-state index is 12.0. The third-order valence-corrected chi connectivity index (χ3v) is 4.52. The number of amides is 1. The summed E-state index contributed by atoms with van der Waals surface area (Å²) in [5.74, 6) is 0.124. The molecule has 0 atom stereocenters. The Hall–Kier alpha value is -1.36. The van der Waals surface area contributed by atoms with E-state index in [1.165, 1.54) is 11.8 Å². The van der Waals surface area contributed by atoms with Gasteiger partial charge in [-0.25, -0.2) is 0 Å². The molecule has 0 aliphatic heterocycles. The van der Waals surface area contributed by atoms with Crippen molar-refractivity contribution >= 4 is 52.2 Å². The van der Waals surface area contributed by atoms with Crippen LogP contribution in [0.2, 0.25) is 10.0 Å². The Bertz CT molecular complexity index is 677. The molecule has 2 rings (SSSR count). The van der Waals surface area contributed by atoms with Crippen LogP contribution in [-0.2, 0) is 4.79 Å². The molecule has 2 aromatic rings. The summed E-state index contributed by atoms with van der Waals surface area (Å²) in [6, 6.07) is 10.6. The van der Waals surface area contributed by atoms with E-state index in [4.69, 9.17) is 28.9 Å². The molecular formula is C15H14Cl2N2OS. The molecule has 0 saturated heterocycles. The summed E-state index contributed by atoms with van der Waals surface area (Å²) in [6.45, 7) is 1.91. The quantitative estimate of drug-likeness (QED) is 0.630. The second kappa shape index (κ2) is 7.07. The number of thioether (sulfide) groups is 1. The van der Waals surface area contributed by atoms with Gasteiger partial charge in [-0.3, -0.25) is 4.79 Å². The first kappa shape index (κ1) is 16.0. The number of hydrogen-bond acceptors (Lipinski definition) is 3. The van der Waals surface area contributed by atoms with Crippen LogP contribution in [0.1, 0.15) is 5.56 Å². The molecule has 3 nitrogen and oxygen atoms in total. The largest absolute Gasteiger partial charge is 0.399 e. The highest BCUT2D eigenvalue weighted by atomic mass is 35.5. The van der Waals surface area contributed by atoms with E-state index in [2.05, 4.69) is 5.32 Å². The van der Waals surface area contributed by atoms with E-state index in [0.717, 1.165) is 16.1 Å². The monoisotopic (exact) mass is 340 g/mol. The van der Waals surface area contributed by atoms with Crippen LogP contribution < -0.4 is 11.1 Å². The standard InChI is InChI=1S/C15H14Cl2N2OS/c1-9-2-4-11(18)7-13(9)19-15(20)8-21-14-6-10(16)3-5-12(14)17/h2-7H,8,18H2,1H3,(H,19,20). The maximum absolute atomic E-state index is 12.0. The van der Waals surface area contributed by atoms with Crippen molar-refractivity contribution in [3.8, 4) is 0 Å². The Balaban J connectivity index is 1.99. The summed E-state index contributed by atoms with van der Waals surface area (Å²) >= 11 is 13.3. The van der Waals surface area contributed by atoms with Crippen LogP contribution in [0.5, 0.6) is 0 Å². The number of carbonyl (C=O) groups is 1. The van der Waals surface area contributed by atoms with E-state index in [9.17, 15) is 4.79 Å². The maximum Gasteiger partial charge on any atom is 0.234 e. The van der Waals surface area contributed by atoms with Crippen LogP contribution in [0.4, 0.5) is 11.4 Å². The van der Waals surface area contributed by atoms with Crippen molar-refractivity contribution in [1.29, 1.82) is 0 Å². The number of halogens is 2. The zero-order valence-electron chi connectivity index (χ0n) is 11.3. The van der Waals surface area contributed by atoms with Gasteiger partial charge in [0.1, 0.15) is 0 Å². The fourth-order valence-electron chi connectivity index (χ4n) is 1.69. The summed E-state index contributed by atoms with van der Waals surface area (Å²) in [5, 5.41) is 4.01. The molecule has 3 N–H and O–H groups in total. The highest BCUT2D eigenvalue weighted by Gasteiger charge is 2.08. The second-order valence-electron chi connectivity index (χ2n) is 4.49. The Labute approximate surface area is 137 Å². The highest BCUT2D eigenvalue weighted by molar-refractivity contribution is 8.00. The Morgan fingerprint density at radius 3 is 2.76 bits per heavy atom. The molecule has 1 amide bonds. The van der Waals surface area contributed by atoms with E-state index in [1.54, 1.807) is 30.3 Å². The molecule has 0 saturated carbocycles. The zero-order valence-corrected chi connectivity index (χ0v) is 13.6. The summed E-state index contributed by atoms with van der Waals surface area (Å²) in [7, 11) is 0. The van der Waals surface area contributed by atoms with Gasteiger partial charge in [-0.15, -0.1) is 11.8 Å². The zero-order chi connectivity index (χ0) is 15.4. The van der Waals surface area contributed by atoms with Crippen molar-refractivity contribution in [1.82, 2.24) is 0 Å². The summed E-state index contributed by atoms with van der Waals surface area (Å²) in [6.07, 6.45) is 0. The normalized spacial score (nSPS) is 10.4. The van der Waals surface area contributed by atoms with Gasteiger partial charge in [-0.2, -0.15) is 0 Å². The van der Waals surface area contributed by atoms with Gasteiger partial charge in [-0.1, -0.05) is 29.3 Å². The van der Waals surface area contributed by atoms with Gasteiger partial charge in [0, 0.05) is 21.3 Å². The topological polar surface area (TPSA) is 55.1 Å². The van der Waals surface area contributed by atoms with Gasteiger partial charge in [0.15, 0.2) is 0 Å². The van der Waals surface area contributed by atoms with Crippen LogP contribution in [0.15, 0.2) is 41.3 Å². The lowest BCUT2D eigenvalue weighted by Gasteiger charge is -2.09. The Morgan fingerprint density at radius 1 is 1.24 bits per heavy atom. The van der Waals surface area contributed by atoms with Crippen LogP contribution in [0.3, 0.4) is 0 Å². The van der Waals surface area contributed by atoms with Gasteiger partial charge in [0.2, 0.25) is 5.91 Å². The first-order chi connectivity index (χ1) is 9.95. The van der Waals surface area contributed by atoms with Crippen LogP contribution in [0, 0.1) is 6.92 Å².